The summed E-state index contributed by atoms with van der Waals surface area (Å²) >= 11 is 0. The Morgan fingerprint density at radius 3 is 1.56 bits per heavy atom. The topological polar surface area (TPSA) is 43.8 Å². The maximum Gasteiger partial charge on any atom is 0.376 e. The van der Waals surface area contributed by atoms with Gasteiger partial charge in [0.25, 0.3) is 0 Å². The fraction of sp³-hybridized carbons (Fsp3) is 0.321. The zero-order valence-electron chi connectivity index (χ0n) is 20.8. The molecular weight excluding hydrogens is 438 g/mol. The Labute approximate surface area is 206 Å². The average Bonchev–Trinajstić information content (AvgIpc) is 2.87. The quantitative estimate of drug-likeness (QED) is 0.262. The van der Waals surface area contributed by atoms with Gasteiger partial charge in [0, 0.05) is 14.1 Å². The van der Waals surface area contributed by atoms with Gasteiger partial charge in [-0.25, -0.2) is 0 Å². The first-order valence-electron chi connectivity index (χ1n) is 12.0. The van der Waals surface area contributed by atoms with Crippen LogP contribution < -0.4 is 15.9 Å². The molecule has 0 fully saturated rings. The number of unbranched alkanes of at least 4 members (excludes halogenated alkanes) is 1. The van der Waals surface area contributed by atoms with Crippen molar-refractivity contribution in [3.05, 3.63) is 91.0 Å². The summed E-state index contributed by atoms with van der Waals surface area (Å²) in [6, 6.07) is 32.4. The Hall–Kier alpha value is -2.46. The summed E-state index contributed by atoms with van der Waals surface area (Å²) in [5, 5.41) is 14.3. The minimum Gasteiger partial charge on any atom is -0.437 e. The van der Waals surface area contributed by atoms with Crippen LogP contribution in [0.25, 0.3) is 0 Å². The third-order valence-electron chi connectivity index (χ3n) is 6.62. The standard InChI is InChI=1S/C28H37BN2O2P/c1-29(33)31(4)27(28(32)30(2)3)22-14-15-23-34(24-16-8-5-9-17-24,25-18-10-6-11-19-25)26-20-12-7-13-21-26/h5-13,16-21,27,33H,14-15,22-23H2,1-4H3/q+1. The minimum atomic E-state index is -1.86. The van der Waals surface area contributed by atoms with Gasteiger partial charge in [0.2, 0.25) is 5.91 Å². The summed E-state index contributed by atoms with van der Waals surface area (Å²) in [4.78, 5) is 16.2. The van der Waals surface area contributed by atoms with Crippen molar-refractivity contribution < 1.29 is 9.82 Å². The van der Waals surface area contributed by atoms with Crippen molar-refractivity contribution in [1.29, 1.82) is 0 Å². The van der Waals surface area contributed by atoms with E-state index in [0.29, 0.717) is 0 Å². The van der Waals surface area contributed by atoms with E-state index in [-0.39, 0.29) is 11.9 Å². The summed E-state index contributed by atoms with van der Waals surface area (Å²) in [6.07, 6.45) is 3.66. The molecule has 3 aromatic rings. The predicted octanol–water partition coefficient (Wildman–Crippen LogP) is 3.65. The molecule has 1 atom stereocenters. The van der Waals surface area contributed by atoms with E-state index in [1.807, 2.05) is 7.05 Å². The molecule has 0 radical (unpaired) electrons. The fourth-order valence-electron chi connectivity index (χ4n) is 4.63. The van der Waals surface area contributed by atoms with E-state index in [2.05, 4.69) is 91.0 Å². The van der Waals surface area contributed by atoms with Gasteiger partial charge >= 0.3 is 7.05 Å². The molecule has 178 valence electrons. The van der Waals surface area contributed by atoms with E-state index in [0.717, 1.165) is 25.4 Å². The van der Waals surface area contributed by atoms with Gasteiger partial charge in [0.1, 0.15) is 23.2 Å². The van der Waals surface area contributed by atoms with E-state index >= 15 is 0 Å². The zero-order chi connectivity index (χ0) is 24.6. The Morgan fingerprint density at radius 1 is 0.794 bits per heavy atom. The number of benzene rings is 3. The smallest absolute Gasteiger partial charge is 0.376 e. The third-order valence-corrected chi connectivity index (χ3v) is 11.1. The lowest BCUT2D eigenvalue weighted by Gasteiger charge is -2.31. The van der Waals surface area contributed by atoms with Crippen molar-refractivity contribution in [3.63, 3.8) is 0 Å². The van der Waals surface area contributed by atoms with Crippen LogP contribution in [0.4, 0.5) is 0 Å². The van der Waals surface area contributed by atoms with Crippen LogP contribution in [0.5, 0.6) is 0 Å². The molecule has 1 unspecified atom stereocenters. The van der Waals surface area contributed by atoms with Crippen LogP contribution >= 0.6 is 7.26 Å². The lowest BCUT2D eigenvalue weighted by molar-refractivity contribution is -0.133. The maximum absolute atomic E-state index is 12.8. The molecule has 0 bridgehead atoms. The fourth-order valence-corrected chi connectivity index (χ4v) is 9.04. The average molecular weight is 475 g/mol. The molecule has 0 saturated heterocycles. The van der Waals surface area contributed by atoms with Gasteiger partial charge in [0.05, 0.1) is 12.2 Å². The molecule has 6 heteroatoms. The molecule has 0 saturated carbocycles. The summed E-state index contributed by atoms with van der Waals surface area (Å²) in [7, 11) is 2.86. The minimum absolute atomic E-state index is 0.0404. The second-order valence-electron chi connectivity index (χ2n) is 9.08. The molecule has 3 aromatic carbocycles. The zero-order valence-corrected chi connectivity index (χ0v) is 21.7. The molecule has 0 aliphatic carbocycles. The molecular formula is C28H37BN2O2P+. The Balaban J connectivity index is 1.92. The highest BCUT2D eigenvalue weighted by molar-refractivity contribution is 7.95. The van der Waals surface area contributed by atoms with Gasteiger partial charge in [-0.3, -0.25) is 4.79 Å². The van der Waals surface area contributed by atoms with Crippen molar-refractivity contribution in [1.82, 2.24) is 9.71 Å². The second-order valence-corrected chi connectivity index (χ2v) is 12.7. The normalized spacial score (nSPS) is 12.4. The van der Waals surface area contributed by atoms with E-state index in [9.17, 15) is 9.82 Å². The Kier molecular flexibility index (Phi) is 9.47. The number of likely N-dealkylation sites (N-methyl/N-ethyl adjacent to an activating group) is 2. The molecule has 1 amide bonds. The summed E-state index contributed by atoms with van der Waals surface area (Å²) in [5.41, 5.74) is 0. The van der Waals surface area contributed by atoms with Crippen LogP contribution in [0.2, 0.25) is 6.82 Å². The molecule has 0 aromatic heterocycles. The van der Waals surface area contributed by atoms with Gasteiger partial charge in [-0.1, -0.05) is 54.6 Å². The number of carbonyl (C=O) groups excluding carboxylic acids is 1. The number of rotatable bonds is 11. The molecule has 34 heavy (non-hydrogen) atoms. The molecule has 0 spiro atoms. The second kappa shape index (κ2) is 12.3. The monoisotopic (exact) mass is 475 g/mol. The largest absolute Gasteiger partial charge is 0.437 e. The number of nitrogens with zero attached hydrogens (tertiary/aromatic N) is 2. The SMILES string of the molecule is CB(O)N(C)C(CCCC[P+](c1ccccc1)(c1ccccc1)c1ccccc1)C(=O)N(C)C. The molecule has 0 aliphatic heterocycles. The first kappa shape index (κ1) is 26.2. The summed E-state index contributed by atoms with van der Waals surface area (Å²) in [5.74, 6) is 0.0404. The van der Waals surface area contributed by atoms with Gasteiger partial charge in [0.15, 0.2) is 0 Å². The van der Waals surface area contributed by atoms with Crippen molar-refractivity contribution in [2.45, 2.75) is 32.1 Å². The van der Waals surface area contributed by atoms with Gasteiger partial charge in [-0.2, -0.15) is 0 Å². The van der Waals surface area contributed by atoms with Crippen molar-refractivity contribution in [3.8, 4) is 0 Å². The van der Waals surface area contributed by atoms with Crippen molar-refractivity contribution in [2.75, 3.05) is 27.3 Å². The number of hydrogen-bond donors (Lipinski definition) is 1. The van der Waals surface area contributed by atoms with Gasteiger partial charge in [-0.05, 0) is 69.5 Å². The van der Waals surface area contributed by atoms with Gasteiger partial charge < -0.3 is 14.7 Å². The Morgan fingerprint density at radius 2 is 1.21 bits per heavy atom. The lowest BCUT2D eigenvalue weighted by atomic mass is 9.83. The van der Waals surface area contributed by atoms with E-state index in [4.69, 9.17) is 0 Å². The summed E-state index contributed by atoms with van der Waals surface area (Å²) < 4.78 is 0. The van der Waals surface area contributed by atoms with Crippen LogP contribution in [-0.2, 0) is 4.79 Å². The van der Waals surface area contributed by atoms with Crippen LogP contribution in [-0.4, -0.2) is 61.0 Å². The highest BCUT2D eigenvalue weighted by Gasteiger charge is 2.44. The number of carbonyl (C=O) groups is 1. The molecule has 1 N–H and O–H groups in total. The number of hydrogen-bond acceptors (Lipinski definition) is 3. The van der Waals surface area contributed by atoms with Crippen molar-refractivity contribution in [2.24, 2.45) is 0 Å². The third kappa shape index (κ3) is 5.96. The van der Waals surface area contributed by atoms with E-state index < -0.39 is 14.3 Å². The predicted molar refractivity (Wildman–Crippen MR) is 148 cm³/mol. The highest BCUT2D eigenvalue weighted by Crippen LogP contribution is 2.56. The van der Waals surface area contributed by atoms with E-state index in [1.54, 1.807) is 30.6 Å². The first-order chi connectivity index (χ1) is 16.4. The highest BCUT2D eigenvalue weighted by atomic mass is 31.2. The number of amides is 1. The molecule has 4 nitrogen and oxygen atoms in total. The lowest BCUT2D eigenvalue weighted by Crippen LogP contribution is -2.50. The van der Waals surface area contributed by atoms with Gasteiger partial charge in [-0.15, -0.1) is 0 Å². The summed E-state index contributed by atoms with van der Waals surface area (Å²) in [6.45, 7) is 1.71. The van der Waals surface area contributed by atoms with Crippen LogP contribution in [0.1, 0.15) is 19.3 Å². The molecule has 0 heterocycles. The first-order valence-corrected chi connectivity index (χ1v) is 14.0. The van der Waals surface area contributed by atoms with E-state index in [1.165, 1.54) is 15.9 Å². The van der Waals surface area contributed by atoms with Crippen LogP contribution in [0, 0.1) is 0 Å². The maximum atomic E-state index is 12.8. The van der Waals surface area contributed by atoms with Crippen LogP contribution in [0.15, 0.2) is 91.0 Å². The van der Waals surface area contributed by atoms with Crippen LogP contribution in [0.3, 0.4) is 0 Å². The molecule has 0 aliphatic rings. The Bertz CT molecular complexity index is 920. The van der Waals surface area contributed by atoms with Crippen molar-refractivity contribution >= 4 is 36.1 Å². The molecule has 3 rings (SSSR count).